The van der Waals surface area contributed by atoms with Crippen LogP contribution in [0, 0.1) is 6.92 Å². The van der Waals surface area contributed by atoms with Crippen molar-refractivity contribution in [2.75, 3.05) is 20.8 Å². The number of nitrogens with zero attached hydrogens (tertiary/aromatic N) is 1. The molecule has 0 atom stereocenters. The molecular weight excluding hydrogens is 344 g/mol. The van der Waals surface area contributed by atoms with Gasteiger partial charge in [-0.1, -0.05) is 30.3 Å². The van der Waals surface area contributed by atoms with Crippen molar-refractivity contribution in [2.24, 2.45) is 0 Å². The van der Waals surface area contributed by atoms with E-state index in [-0.39, 0.29) is 5.91 Å². The Morgan fingerprint density at radius 1 is 1.07 bits per heavy atom. The van der Waals surface area contributed by atoms with E-state index in [2.05, 4.69) is 10.3 Å². The Morgan fingerprint density at radius 2 is 1.81 bits per heavy atom. The summed E-state index contributed by atoms with van der Waals surface area (Å²) in [6.45, 7) is 2.25. The number of hydrogen-bond acceptors (Lipinski definition) is 5. The number of oxazole rings is 1. The molecule has 3 rings (SSSR count). The van der Waals surface area contributed by atoms with Gasteiger partial charge in [-0.25, -0.2) is 4.98 Å². The highest BCUT2D eigenvalue weighted by molar-refractivity contribution is 5.94. The summed E-state index contributed by atoms with van der Waals surface area (Å²) in [6, 6.07) is 14.9. The van der Waals surface area contributed by atoms with Crippen LogP contribution in [-0.2, 0) is 6.42 Å². The van der Waals surface area contributed by atoms with Gasteiger partial charge in [0.2, 0.25) is 0 Å². The first-order valence-electron chi connectivity index (χ1n) is 8.64. The third-order valence-corrected chi connectivity index (χ3v) is 4.13. The fraction of sp³-hybridized carbons (Fsp3) is 0.238. The van der Waals surface area contributed by atoms with Crippen molar-refractivity contribution in [3.8, 4) is 22.8 Å². The normalized spacial score (nSPS) is 10.5. The molecule has 0 aliphatic heterocycles. The number of nitrogens with one attached hydrogen (secondary N) is 1. The van der Waals surface area contributed by atoms with Crippen molar-refractivity contribution in [3.05, 3.63) is 65.7 Å². The monoisotopic (exact) mass is 366 g/mol. The van der Waals surface area contributed by atoms with Crippen LogP contribution in [0.15, 0.2) is 52.9 Å². The highest BCUT2D eigenvalue weighted by Gasteiger charge is 2.14. The fourth-order valence-corrected chi connectivity index (χ4v) is 2.83. The van der Waals surface area contributed by atoms with E-state index in [4.69, 9.17) is 13.9 Å². The Kier molecular flexibility index (Phi) is 5.76. The Labute approximate surface area is 158 Å². The number of carbonyl (C=O) groups excluding carboxylic acids is 1. The summed E-state index contributed by atoms with van der Waals surface area (Å²) in [5, 5.41) is 2.90. The molecular formula is C21H22N2O4. The van der Waals surface area contributed by atoms with Crippen LogP contribution < -0.4 is 14.8 Å². The topological polar surface area (TPSA) is 73.6 Å². The van der Waals surface area contributed by atoms with Crippen LogP contribution in [0.4, 0.5) is 0 Å². The maximum Gasteiger partial charge on any atom is 0.251 e. The zero-order chi connectivity index (χ0) is 19.2. The molecule has 0 spiro atoms. The Hall–Kier alpha value is -3.28. The highest BCUT2D eigenvalue weighted by atomic mass is 16.5. The summed E-state index contributed by atoms with van der Waals surface area (Å²) < 4.78 is 16.2. The fourth-order valence-electron chi connectivity index (χ4n) is 2.83. The van der Waals surface area contributed by atoms with E-state index in [0.29, 0.717) is 35.9 Å². The molecule has 1 N–H and O–H groups in total. The standard InChI is InChI=1S/C21H22N2O4/c1-14-23-20(15-7-5-4-6-8-15)18(27-14)11-12-22-21(24)16-9-10-17(25-2)19(13-16)26-3/h4-10,13H,11-12H2,1-3H3,(H,22,24). The molecule has 0 unspecified atom stereocenters. The molecule has 27 heavy (non-hydrogen) atoms. The minimum Gasteiger partial charge on any atom is -0.493 e. The lowest BCUT2D eigenvalue weighted by Gasteiger charge is -2.10. The summed E-state index contributed by atoms with van der Waals surface area (Å²) in [6.07, 6.45) is 0.546. The molecule has 0 aliphatic carbocycles. The summed E-state index contributed by atoms with van der Waals surface area (Å²) in [7, 11) is 3.10. The average Bonchev–Trinajstić information content (AvgIpc) is 3.08. The molecule has 0 fully saturated rings. The van der Waals surface area contributed by atoms with E-state index in [9.17, 15) is 4.79 Å². The SMILES string of the molecule is COc1ccc(C(=O)NCCc2oc(C)nc2-c2ccccc2)cc1OC. The molecule has 140 valence electrons. The van der Waals surface area contributed by atoms with Crippen LogP contribution in [-0.4, -0.2) is 31.7 Å². The first-order valence-corrected chi connectivity index (χ1v) is 8.64. The number of carbonyl (C=O) groups is 1. The second kappa shape index (κ2) is 8.40. The van der Waals surface area contributed by atoms with E-state index < -0.39 is 0 Å². The molecule has 6 nitrogen and oxygen atoms in total. The van der Waals surface area contributed by atoms with Crippen LogP contribution in [0.5, 0.6) is 11.5 Å². The largest absolute Gasteiger partial charge is 0.493 e. The van der Waals surface area contributed by atoms with Crippen molar-refractivity contribution in [1.29, 1.82) is 0 Å². The third-order valence-electron chi connectivity index (χ3n) is 4.13. The molecule has 0 radical (unpaired) electrons. The second-order valence-corrected chi connectivity index (χ2v) is 5.95. The smallest absolute Gasteiger partial charge is 0.251 e. The summed E-state index contributed by atoms with van der Waals surface area (Å²) >= 11 is 0. The predicted octanol–water partition coefficient (Wildman–Crippen LogP) is 3.64. The molecule has 6 heteroatoms. The first kappa shape index (κ1) is 18.5. The van der Waals surface area contributed by atoms with Gasteiger partial charge in [0.05, 0.1) is 14.2 Å². The molecule has 3 aromatic rings. The van der Waals surface area contributed by atoms with E-state index in [1.54, 1.807) is 25.3 Å². The number of amides is 1. The van der Waals surface area contributed by atoms with Crippen LogP contribution in [0.1, 0.15) is 22.0 Å². The van der Waals surface area contributed by atoms with Gasteiger partial charge in [0, 0.05) is 31.0 Å². The predicted molar refractivity (Wildman–Crippen MR) is 102 cm³/mol. The summed E-state index contributed by atoms with van der Waals surface area (Å²) in [5.74, 6) is 2.27. The lowest BCUT2D eigenvalue weighted by Crippen LogP contribution is -2.25. The quantitative estimate of drug-likeness (QED) is 0.691. The molecule has 0 saturated carbocycles. The second-order valence-electron chi connectivity index (χ2n) is 5.95. The maximum atomic E-state index is 12.4. The van der Waals surface area contributed by atoms with Gasteiger partial charge in [0.1, 0.15) is 11.5 Å². The van der Waals surface area contributed by atoms with Gasteiger partial charge in [-0.3, -0.25) is 4.79 Å². The van der Waals surface area contributed by atoms with Crippen LogP contribution in [0.25, 0.3) is 11.3 Å². The number of hydrogen-bond donors (Lipinski definition) is 1. The van der Waals surface area contributed by atoms with E-state index in [1.807, 2.05) is 37.3 Å². The molecule has 1 heterocycles. The Bertz CT molecular complexity index is 919. The number of aromatic nitrogens is 1. The molecule has 1 amide bonds. The van der Waals surface area contributed by atoms with E-state index in [0.717, 1.165) is 17.0 Å². The highest BCUT2D eigenvalue weighted by Crippen LogP contribution is 2.27. The minimum atomic E-state index is -0.187. The number of ether oxygens (including phenoxy) is 2. The Morgan fingerprint density at radius 3 is 2.52 bits per heavy atom. The van der Waals surface area contributed by atoms with Gasteiger partial charge in [0.15, 0.2) is 17.4 Å². The summed E-state index contributed by atoms with van der Waals surface area (Å²) in [4.78, 5) is 16.9. The van der Waals surface area contributed by atoms with Crippen LogP contribution in [0.3, 0.4) is 0 Å². The molecule has 0 bridgehead atoms. The molecule has 0 aliphatic rings. The number of benzene rings is 2. The van der Waals surface area contributed by atoms with Crippen LogP contribution in [0.2, 0.25) is 0 Å². The zero-order valence-corrected chi connectivity index (χ0v) is 15.6. The molecule has 0 saturated heterocycles. The summed E-state index contributed by atoms with van der Waals surface area (Å²) in [5.41, 5.74) is 2.31. The third kappa shape index (κ3) is 4.28. The van der Waals surface area contributed by atoms with Crippen molar-refractivity contribution in [2.45, 2.75) is 13.3 Å². The minimum absolute atomic E-state index is 0.187. The van der Waals surface area contributed by atoms with Crippen molar-refractivity contribution < 1.29 is 18.7 Å². The van der Waals surface area contributed by atoms with E-state index >= 15 is 0 Å². The Balaban J connectivity index is 1.66. The van der Waals surface area contributed by atoms with Gasteiger partial charge < -0.3 is 19.2 Å². The average molecular weight is 366 g/mol. The van der Waals surface area contributed by atoms with E-state index in [1.165, 1.54) is 7.11 Å². The van der Waals surface area contributed by atoms with Gasteiger partial charge in [-0.15, -0.1) is 0 Å². The zero-order valence-electron chi connectivity index (χ0n) is 15.6. The number of rotatable bonds is 7. The maximum absolute atomic E-state index is 12.4. The van der Waals surface area contributed by atoms with Gasteiger partial charge >= 0.3 is 0 Å². The van der Waals surface area contributed by atoms with Gasteiger partial charge in [-0.2, -0.15) is 0 Å². The van der Waals surface area contributed by atoms with Crippen molar-refractivity contribution >= 4 is 5.91 Å². The lowest BCUT2D eigenvalue weighted by atomic mass is 10.1. The molecule has 2 aromatic carbocycles. The molecule has 1 aromatic heterocycles. The van der Waals surface area contributed by atoms with Gasteiger partial charge in [0.25, 0.3) is 5.91 Å². The van der Waals surface area contributed by atoms with Crippen LogP contribution >= 0.6 is 0 Å². The van der Waals surface area contributed by atoms with Crippen molar-refractivity contribution in [3.63, 3.8) is 0 Å². The number of methoxy groups -OCH3 is 2. The van der Waals surface area contributed by atoms with Crippen molar-refractivity contribution in [1.82, 2.24) is 10.3 Å². The van der Waals surface area contributed by atoms with Gasteiger partial charge in [-0.05, 0) is 18.2 Å². The number of aryl methyl sites for hydroxylation is 1. The first-order chi connectivity index (χ1) is 13.1. The lowest BCUT2D eigenvalue weighted by molar-refractivity contribution is 0.0953.